The predicted molar refractivity (Wildman–Crippen MR) is 130 cm³/mol. The number of rotatable bonds is 8. The largest absolute Gasteiger partial charge is 0.464 e. The monoisotopic (exact) mass is 539 g/mol. The summed E-state index contributed by atoms with van der Waals surface area (Å²) in [4.78, 5) is 15.8. The van der Waals surface area contributed by atoms with Crippen LogP contribution in [0.5, 0.6) is 0 Å². The van der Waals surface area contributed by atoms with Crippen LogP contribution in [-0.2, 0) is 28.5 Å². The number of carbonyl (C=O) groups is 1. The number of hydrogen-bond acceptors (Lipinski definition) is 8. The molecule has 0 saturated carbocycles. The lowest BCUT2D eigenvalue weighted by Gasteiger charge is -2.48. The summed E-state index contributed by atoms with van der Waals surface area (Å²) in [5.74, 6) is -0.539. The maximum Gasteiger partial charge on any atom is 0.332 e. The third kappa shape index (κ3) is 6.41. The molecule has 12 heteroatoms. The van der Waals surface area contributed by atoms with Gasteiger partial charge in [-0.25, -0.2) is 4.79 Å². The van der Waals surface area contributed by atoms with Crippen molar-refractivity contribution >= 4 is 40.9 Å². The van der Waals surface area contributed by atoms with E-state index in [4.69, 9.17) is 46.9 Å². The Morgan fingerprint density at radius 3 is 2.71 bits per heavy atom. The van der Waals surface area contributed by atoms with E-state index >= 15 is 0 Å². The van der Waals surface area contributed by atoms with Crippen LogP contribution in [0.25, 0.3) is 10.4 Å². The van der Waals surface area contributed by atoms with Crippen LogP contribution in [0.1, 0.15) is 18.8 Å². The molecule has 2 aromatic carbocycles. The second-order valence-electron chi connectivity index (χ2n) is 7.69. The number of ether oxygens (including phenoxy) is 5. The number of benzene rings is 2. The fourth-order valence-corrected chi connectivity index (χ4v) is 5.40. The first-order chi connectivity index (χ1) is 17.0. The van der Waals surface area contributed by atoms with Crippen LogP contribution in [0.15, 0.2) is 58.5 Å². The van der Waals surface area contributed by atoms with Crippen LogP contribution in [0.2, 0.25) is 10.0 Å². The van der Waals surface area contributed by atoms with E-state index in [1.807, 2.05) is 30.3 Å². The number of carbonyl (C=O) groups excluding carboxylic acids is 1. The fourth-order valence-electron chi connectivity index (χ4n) is 3.86. The van der Waals surface area contributed by atoms with E-state index in [1.54, 1.807) is 25.1 Å². The number of nitrogens with zero attached hydrogens (tertiary/aromatic N) is 3. The summed E-state index contributed by atoms with van der Waals surface area (Å²) in [7, 11) is 0. The van der Waals surface area contributed by atoms with Crippen molar-refractivity contribution in [3.05, 3.63) is 74.6 Å². The molecule has 2 fully saturated rings. The van der Waals surface area contributed by atoms with Crippen molar-refractivity contribution < 1.29 is 28.5 Å². The van der Waals surface area contributed by atoms with Gasteiger partial charge in [-0.3, -0.25) is 0 Å². The molecule has 2 aromatic rings. The highest BCUT2D eigenvalue weighted by Gasteiger charge is 2.50. The maximum atomic E-state index is 12.0. The summed E-state index contributed by atoms with van der Waals surface area (Å²) in [6, 6.07) is 13.8. The number of thioether (sulfide) groups is 1. The molecule has 186 valence electrons. The Hall–Kier alpha value is -2.01. The minimum atomic E-state index is -0.828. The molecular formula is C23H23Cl2N3O6S. The van der Waals surface area contributed by atoms with Gasteiger partial charge in [0, 0.05) is 15.4 Å². The molecule has 2 saturated heterocycles. The van der Waals surface area contributed by atoms with Crippen molar-refractivity contribution in [1.29, 1.82) is 0 Å². The maximum absolute atomic E-state index is 12.0. The first-order valence-corrected chi connectivity index (χ1v) is 12.5. The molecule has 1 unspecified atom stereocenters. The Balaban J connectivity index is 1.60. The predicted octanol–water partition coefficient (Wildman–Crippen LogP) is 5.55. The second kappa shape index (κ2) is 12.3. The molecule has 0 radical (unpaired) electrons. The van der Waals surface area contributed by atoms with Gasteiger partial charge < -0.3 is 23.7 Å². The van der Waals surface area contributed by atoms with Gasteiger partial charge in [-0.15, -0.1) is 0 Å². The summed E-state index contributed by atoms with van der Waals surface area (Å²) >= 11 is 13.5. The van der Waals surface area contributed by atoms with Crippen LogP contribution < -0.4 is 0 Å². The molecule has 2 aliphatic heterocycles. The quantitative estimate of drug-likeness (QED) is 0.187. The third-order valence-electron chi connectivity index (χ3n) is 5.41. The Morgan fingerprint density at radius 2 is 2.00 bits per heavy atom. The third-order valence-corrected chi connectivity index (χ3v) is 7.29. The Bertz CT molecular complexity index is 1070. The molecule has 0 N–H and O–H groups in total. The summed E-state index contributed by atoms with van der Waals surface area (Å²) in [5.41, 5.74) is 9.51. The molecule has 0 aromatic heterocycles. The average Bonchev–Trinajstić information content (AvgIpc) is 2.86. The molecule has 2 aliphatic rings. The number of halogens is 2. The van der Waals surface area contributed by atoms with Crippen molar-refractivity contribution in [2.75, 3.05) is 19.8 Å². The van der Waals surface area contributed by atoms with Crippen LogP contribution >= 0.6 is 35.0 Å². The zero-order valence-corrected chi connectivity index (χ0v) is 21.0. The van der Waals surface area contributed by atoms with Crippen LogP contribution in [0.4, 0.5) is 0 Å². The zero-order chi connectivity index (χ0) is 24.8. The molecule has 0 aliphatic carbocycles. The average molecular weight is 540 g/mol. The van der Waals surface area contributed by atoms with E-state index in [9.17, 15) is 10.3 Å². The summed E-state index contributed by atoms with van der Waals surface area (Å²) in [6.07, 6.45) is -2.69. The highest BCUT2D eigenvalue weighted by atomic mass is 35.5. The van der Waals surface area contributed by atoms with Gasteiger partial charge in [0.25, 0.3) is 0 Å². The van der Waals surface area contributed by atoms with Crippen molar-refractivity contribution in [3.8, 4) is 0 Å². The van der Waals surface area contributed by atoms with Gasteiger partial charge in [0.1, 0.15) is 30.4 Å². The van der Waals surface area contributed by atoms with Gasteiger partial charge in [-0.05, 0) is 30.7 Å². The lowest BCUT2D eigenvalue weighted by Crippen LogP contribution is -2.61. The van der Waals surface area contributed by atoms with Crippen molar-refractivity contribution in [3.63, 3.8) is 0 Å². The van der Waals surface area contributed by atoms with Crippen molar-refractivity contribution in [2.24, 2.45) is 5.11 Å². The fraction of sp³-hybridized carbons (Fsp3) is 0.435. The molecule has 9 nitrogen and oxygen atoms in total. The van der Waals surface area contributed by atoms with E-state index < -0.39 is 42.0 Å². The van der Waals surface area contributed by atoms with E-state index in [-0.39, 0.29) is 19.8 Å². The first kappa shape index (κ1) is 26.1. The topological polar surface area (TPSA) is 112 Å². The lowest BCUT2D eigenvalue weighted by molar-refractivity contribution is -0.300. The number of azide groups is 1. The van der Waals surface area contributed by atoms with E-state index in [2.05, 4.69) is 10.0 Å². The van der Waals surface area contributed by atoms with E-state index in [0.717, 1.165) is 10.5 Å². The zero-order valence-electron chi connectivity index (χ0n) is 18.7. The van der Waals surface area contributed by atoms with Crippen molar-refractivity contribution in [2.45, 2.75) is 47.9 Å². The molecule has 0 bridgehead atoms. The Labute approximate surface area is 216 Å². The minimum Gasteiger partial charge on any atom is -0.464 e. The SMILES string of the molecule is CCOC(=O)CO[C@@H]1[C@@H](N=[N+]=[N-])[C@H]2OC(c3ccccc3)OC[C@H]2O[C@@H]1Sc1ccc(Cl)c(Cl)c1. The molecule has 0 spiro atoms. The van der Waals surface area contributed by atoms with Gasteiger partial charge in [0.15, 0.2) is 6.29 Å². The van der Waals surface area contributed by atoms with Gasteiger partial charge in [0.05, 0.1) is 29.3 Å². The standard InChI is InChI=1S/C23H23Cl2N3O6S/c1-2-30-18(29)12-31-21-19(27-28-26)20-17(11-32-22(34-20)13-6-4-3-5-7-13)33-23(21)35-14-8-9-15(24)16(25)10-14/h3-10,17,19-23H,2,11-12H2,1H3/t17-,19+,20+,21-,22?,23-/m1/s1. The number of hydrogen-bond donors (Lipinski definition) is 0. The Morgan fingerprint density at radius 1 is 1.20 bits per heavy atom. The molecule has 2 heterocycles. The summed E-state index contributed by atoms with van der Waals surface area (Å²) in [5, 5.41) is 4.81. The Kier molecular flexibility index (Phi) is 9.16. The van der Waals surface area contributed by atoms with Crippen molar-refractivity contribution in [1.82, 2.24) is 0 Å². The highest BCUT2D eigenvalue weighted by molar-refractivity contribution is 7.99. The molecule has 4 rings (SSSR count). The molecular weight excluding hydrogens is 517 g/mol. The lowest BCUT2D eigenvalue weighted by atomic mass is 9.96. The molecule has 35 heavy (non-hydrogen) atoms. The smallest absolute Gasteiger partial charge is 0.332 e. The van der Waals surface area contributed by atoms with Gasteiger partial charge in [-0.2, -0.15) is 0 Å². The molecule has 0 amide bonds. The van der Waals surface area contributed by atoms with Gasteiger partial charge in [-0.1, -0.05) is 70.4 Å². The second-order valence-corrected chi connectivity index (χ2v) is 9.68. The van der Waals surface area contributed by atoms with Crippen LogP contribution in [0.3, 0.4) is 0 Å². The van der Waals surface area contributed by atoms with E-state index in [0.29, 0.717) is 10.0 Å². The molecule has 6 atom stereocenters. The normalized spacial score (nSPS) is 28.0. The summed E-state index contributed by atoms with van der Waals surface area (Å²) < 4.78 is 29.3. The number of fused-ring (bicyclic) bond motifs is 1. The number of esters is 1. The highest BCUT2D eigenvalue weighted by Crippen LogP contribution is 2.42. The van der Waals surface area contributed by atoms with Crippen LogP contribution in [0, 0.1) is 0 Å². The first-order valence-electron chi connectivity index (χ1n) is 10.9. The van der Waals surface area contributed by atoms with Gasteiger partial charge >= 0.3 is 5.97 Å². The van der Waals surface area contributed by atoms with Gasteiger partial charge in [0.2, 0.25) is 0 Å². The minimum absolute atomic E-state index is 0.213. The van der Waals surface area contributed by atoms with E-state index in [1.165, 1.54) is 11.8 Å². The summed E-state index contributed by atoms with van der Waals surface area (Å²) in [6.45, 7) is 1.80. The van der Waals surface area contributed by atoms with Crippen LogP contribution in [-0.4, -0.2) is 55.6 Å².